The molecule has 6 nitrogen and oxygen atoms in total. The Morgan fingerprint density at radius 1 is 1.35 bits per heavy atom. The van der Waals surface area contributed by atoms with Crippen molar-refractivity contribution in [3.63, 3.8) is 0 Å². The molecular formula is C14H15N3O3. The van der Waals surface area contributed by atoms with E-state index in [1.54, 1.807) is 13.0 Å². The van der Waals surface area contributed by atoms with E-state index < -0.39 is 11.6 Å². The van der Waals surface area contributed by atoms with Crippen molar-refractivity contribution in [1.29, 1.82) is 0 Å². The zero-order chi connectivity index (χ0) is 14.3. The van der Waals surface area contributed by atoms with Crippen molar-refractivity contribution in [3.05, 3.63) is 30.0 Å². The topological polar surface area (TPSA) is 86.5 Å². The standard InChI is InChI=1S/C14H15N3O3/c1-14(20)6-7-17(8-14)12-9-4-2-3-5-10(9)15-16-11(12)13(18)19/h2-5,20H,6-8H2,1H3,(H,18,19). The summed E-state index contributed by atoms with van der Waals surface area (Å²) in [5.74, 6) is -1.11. The smallest absolute Gasteiger partial charge is 0.358 e. The van der Waals surface area contributed by atoms with Crippen LogP contribution in [0.25, 0.3) is 10.9 Å². The zero-order valence-corrected chi connectivity index (χ0v) is 11.1. The predicted molar refractivity (Wildman–Crippen MR) is 74.0 cm³/mol. The average molecular weight is 273 g/mol. The molecule has 2 aromatic rings. The van der Waals surface area contributed by atoms with E-state index in [9.17, 15) is 15.0 Å². The first-order valence-corrected chi connectivity index (χ1v) is 6.44. The quantitative estimate of drug-likeness (QED) is 0.857. The van der Waals surface area contributed by atoms with Crippen LogP contribution < -0.4 is 4.90 Å². The third-order valence-corrected chi connectivity index (χ3v) is 3.61. The van der Waals surface area contributed by atoms with E-state index in [4.69, 9.17) is 0 Å². The fourth-order valence-electron chi connectivity index (χ4n) is 2.64. The molecule has 1 aliphatic heterocycles. The van der Waals surface area contributed by atoms with Crippen LogP contribution in [0.2, 0.25) is 0 Å². The summed E-state index contributed by atoms with van der Waals surface area (Å²) in [5.41, 5.74) is 0.321. The van der Waals surface area contributed by atoms with Crippen molar-refractivity contribution in [2.45, 2.75) is 18.9 Å². The first-order valence-electron chi connectivity index (χ1n) is 6.44. The summed E-state index contributed by atoms with van der Waals surface area (Å²) >= 11 is 0. The van der Waals surface area contributed by atoms with Gasteiger partial charge < -0.3 is 15.1 Å². The van der Waals surface area contributed by atoms with Crippen molar-refractivity contribution < 1.29 is 15.0 Å². The van der Waals surface area contributed by atoms with Crippen LogP contribution >= 0.6 is 0 Å². The lowest BCUT2D eigenvalue weighted by atomic mass is 10.1. The van der Waals surface area contributed by atoms with Gasteiger partial charge in [0.05, 0.1) is 16.8 Å². The van der Waals surface area contributed by atoms with Crippen LogP contribution in [0.4, 0.5) is 5.69 Å². The number of aliphatic hydroxyl groups is 1. The molecule has 0 radical (unpaired) electrons. The van der Waals surface area contributed by atoms with E-state index in [2.05, 4.69) is 10.2 Å². The molecule has 0 spiro atoms. The third-order valence-electron chi connectivity index (χ3n) is 3.61. The zero-order valence-electron chi connectivity index (χ0n) is 11.1. The number of anilines is 1. The number of aromatic nitrogens is 2. The van der Waals surface area contributed by atoms with Gasteiger partial charge in [0.2, 0.25) is 0 Å². The molecule has 1 fully saturated rings. The minimum Gasteiger partial charge on any atom is -0.476 e. The minimum atomic E-state index is -1.11. The summed E-state index contributed by atoms with van der Waals surface area (Å²) < 4.78 is 0. The molecule has 20 heavy (non-hydrogen) atoms. The Kier molecular flexibility index (Phi) is 2.83. The molecule has 104 valence electrons. The highest BCUT2D eigenvalue weighted by molar-refractivity contribution is 6.02. The predicted octanol–water partition coefficient (Wildman–Crippen LogP) is 1.29. The Morgan fingerprint density at radius 2 is 2.10 bits per heavy atom. The van der Waals surface area contributed by atoms with Gasteiger partial charge in [0.25, 0.3) is 0 Å². The summed E-state index contributed by atoms with van der Waals surface area (Å²) in [7, 11) is 0. The van der Waals surface area contributed by atoms with Gasteiger partial charge in [0.15, 0.2) is 5.69 Å². The van der Waals surface area contributed by atoms with E-state index in [0.29, 0.717) is 30.7 Å². The van der Waals surface area contributed by atoms with Crippen LogP contribution in [-0.4, -0.2) is 45.1 Å². The number of fused-ring (bicyclic) bond motifs is 1. The third kappa shape index (κ3) is 2.08. The number of hydrogen-bond donors (Lipinski definition) is 2. The highest BCUT2D eigenvalue weighted by atomic mass is 16.4. The SMILES string of the molecule is CC1(O)CCN(c2c(C(=O)O)nnc3ccccc23)C1. The summed E-state index contributed by atoms with van der Waals surface area (Å²) in [6.45, 7) is 2.75. The maximum absolute atomic E-state index is 11.4. The van der Waals surface area contributed by atoms with Crippen LogP contribution in [0.5, 0.6) is 0 Å². The number of aromatic carboxylic acids is 1. The summed E-state index contributed by atoms with van der Waals surface area (Å²) in [4.78, 5) is 13.3. The number of rotatable bonds is 2. The molecule has 0 aliphatic carbocycles. The van der Waals surface area contributed by atoms with Crippen molar-refractivity contribution in [1.82, 2.24) is 10.2 Å². The van der Waals surface area contributed by atoms with E-state index in [1.165, 1.54) is 0 Å². The van der Waals surface area contributed by atoms with Gasteiger partial charge in [-0.1, -0.05) is 18.2 Å². The first-order chi connectivity index (χ1) is 9.48. The molecule has 1 aromatic carbocycles. The highest BCUT2D eigenvalue weighted by Crippen LogP contribution is 2.33. The van der Waals surface area contributed by atoms with E-state index >= 15 is 0 Å². The lowest BCUT2D eigenvalue weighted by Crippen LogP contribution is -2.31. The van der Waals surface area contributed by atoms with E-state index in [-0.39, 0.29) is 5.69 Å². The number of hydrogen-bond acceptors (Lipinski definition) is 5. The monoisotopic (exact) mass is 273 g/mol. The lowest BCUT2D eigenvalue weighted by Gasteiger charge is -2.23. The fraction of sp³-hybridized carbons (Fsp3) is 0.357. The average Bonchev–Trinajstić information content (AvgIpc) is 2.77. The Labute approximate surface area is 115 Å². The molecule has 2 heterocycles. The van der Waals surface area contributed by atoms with Gasteiger partial charge in [-0.3, -0.25) is 0 Å². The molecule has 1 atom stereocenters. The second-order valence-corrected chi connectivity index (χ2v) is 5.39. The molecule has 1 unspecified atom stereocenters. The number of carbonyl (C=O) groups is 1. The maximum Gasteiger partial charge on any atom is 0.358 e. The summed E-state index contributed by atoms with van der Waals surface area (Å²) in [6.07, 6.45) is 0.600. The molecule has 1 aliphatic rings. The van der Waals surface area contributed by atoms with Gasteiger partial charge in [-0.25, -0.2) is 4.79 Å². The minimum absolute atomic E-state index is 0.0681. The van der Waals surface area contributed by atoms with Gasteiger partial charge in [0, 0.05) is 18.5 Å². The van der Waals surface area contributed by atoms with E-state index in [0.717, 1.165) is 5.39 Å². The molecule has 0 bridgehead atoms. The largest absolute Gasteiger partial charge is 0.476 e. The Hall–Kier alpha value is -2.21. The van der Waals surface area contributed by atoms with Gasteiger partial charge in [-0.05, 0) is 19.4 Å². The van der Waals surface area contributed by atoms with Crippen LogP contribution in [0.1, 0.15) is 23.8 Å². The Morgan fingerprint density at radius 3 is 2.75 bits per heavy atom. The van der Waals surface area contributed by atoms with Crippen LogP contribution in [-0.2, 0) is 0 Å². The number of carboxylic acid groups (broad SMARTS) is 1. The van der Waals surface area contributed by atoms with E-state index in [1.807, 2.05) is 23.1 Å². The van der Waals surface area contributed by atoms with Gasteiger partial charge >= 0.3 is 5.97 Å². The lowest BCUT2D eigenvalue weighted by molar-refractivity contribution is 0.0688. The number of benzene rings is 1. The molecule has 3 rings (SSSR count). The molecule has 6 heteroatoms. The second-order valence-electron chi connectivity index (χ2n) is 5.39. The molecular weight excluding hydrogens is 258 g/mol. The molecule has 1 saturated heterocycles. The summed E-state index contributed by atoms with van der Waals surface area (Å²) in [5, 5.41) is 28.0. The molecule has 0 amide bonds. The van der Waals surface area contributed by atoms with Crippen molar-refractivity contribution in [2.24, 2.45) is 0 Å². The second kappa shape index (κ2) is 4.42. The van der Waals surface area contributed by atoms with Crippen LogP contribution in [0.15, 0.2) is 24.3 Å². The van der Waals surface area contributed by atoms with Gasteiger partial charge in [-0.15, -0.1) is 10.2 Å². The van der Waals surface area contributed by atoms with Crippen LogP contribution in [0.3, 0.4) is 0 Å². The Bertz CT molecular complexity index is 684. The van der Waals surface area contributed by atoms with Crippen molar-refractivity contribution in [3.8, 4) is 0 Å². The van der Waals surface area contributed by atoms with Gasteiger partial charge in [0.1, 0.15) is 0 Å². The number of carboxylic acids is 1. The van der Waals surface area contributed by atoms with Crippen molar-refractivity contribution in [2.75, 3.05) is 18.0 Å². The fourth-order valence-corrected chi connectivity index (χ4v) is 2.64. The normalized spacial score (nSPS) is 22.4. The molecule has 2 N–H and O–H groups in total. The first kappa shape index (κ1) is 12.8. The maximum atomic E-state index is 11.4. The molecule has 1 aromatic heterocycles. The number of nitrogens with zero attached hydrogens (tertiary/aromatic N) is 3. The number of β-amino-alcohol motifs (C(OH)–C–C–N with tert-alkyl or cyclic N) is 1. The van der Waals surface area contributed by atoms with Crippen molar-refractivity contribution >= 4 is 22.6 Å². The van der Waals surface area contributed by atoms with Gasteiger partial charge in [-0.2, -0.15) is 0 Å². The molecule has 0 saturated carbocycles. The summed E-state index contributed by atoms with van der Waals surface area (Å²) in [6, 6.07) is 7.30. The van der Waals surface area contributed by atoms with Crippen LogP contribution in [0, 0.1) is 0 Å². The highest BCUT2D eigenvalue weighted by Gasteiger charge is 2.34. The Balaban J connectivity index is 2.21.